The fourth-order valence-corrected chi connectivity index (χ4v) is 2.52. The number of nitrogens with zero attached hydrogens (tertiary/aromatic N) is 4. The molecule has 0 radical (unpaired) electrons. The number of amides is 1. The molecule has 7 nitrogen and oxygen atoms in total. The zero-order valence-electron chi connectivity index (χ0n) is 11.8. The van der Waals surface area contributed by atoms with Crippen molar-refractivity contribution in [3.05, 3.63) is 29.8 Å². The molecule has 0 saturated carbocycles. The van der Waals surface area contributed by atoms with Crippen LogP contribution in [0.2, 0.25) is 0 Å². The third kappa shape index (κ3) is 2.92. The van der Waals surface area contributed by atoms with Crippen LogP contribution in [0.5, 0.6) is 0 Å². The molecule has 2 heterocycles. The minimum Gasteiger partial charge on any atom is -0.383 e. The van der Waals surface area contributed by atoms with E-state index in [1.807, 2.05) is 29.2 Å². The minimum absolute atomic E-state index is 0.133. The van der Waals surface area contributed by atoms with E-state index in [0.29, 0.717) is 18.9 Å². The molecule has 21 heavy (non-hydrogen) atoms. The highest BCUT2D eigenvalue weighted by molar-refractivity contribution is 5.80. The Morgan fingerprint density at radius 3 is 3.10 bits per heavy atom. The van der Waals surface area contributed by atoms with Crippen molar-refractivity contribution in [1.29, 1.82) is 0 Å². The number of hydrogen-bond acceptors (Lipinski definition) is 5. The van der Waals surface area contributed by atoms with Crippen LogP contribution in [-0.2, 0) is 16.0 Å². The Balaban J connectivity index is 1.68. The third-order valence-electron chi connectivity index (χ3n) is 3.71. The second kappa shape index (κ2) is 6.01. The maximum absolute atomic E-state index is 12.3. The summed E-state index contributed by atoms with van der Waals surface area (Å²) in [5.41, 5.74) is 1.80. The van der Waals surface area contributed by atoms with Crippen LogP contribution in [0, 0.1) is 0 Å². The monoisotopic (exact) mass is 287 g/mol. The normalized spacial score (nSPS) is 17.6. The fourth-order valence-electron chi connectivity index (χ4n) is 2.52. The van der Waals surface area contributed by atoms with Crippen molar-refractivity contribution in [3.8, 4) is 11.4 Å². The molecule has 0 aliphatic carbocycles. The number of tetrazole rings is 1. The Morgan fingerprint density at radius 2 is 2.43 bits per heavy atom. The van der Waals surface area contributed by atoms with E-state index in [0.717, 1.165) is 24.1 Å². The van der Waals surface area contributed by atoms with E-state index in [2.05, 4.69) is 20.6 Å². The smallest absolute Gasteiger partial charge is 0.227 e. The summed E-state index contributed by atoms with van der Waals surface area (Å²) < 4.78 is 5.12. The molecule has 2 aromatic rings. The Bertz CT molecular complexity index is 614. The number of likely N-dealkylation sites (tertiary alicyclic amines) is 1. The van der Waals surface area contributed by atoms with Crippen molar-refractivity contribution in [2.24, 2.45) is 0 Å². The van der Waals surface area contributed by atoms with Crippen LogP contribution in [0.3, 0.4) is 0 Å². The highest BCUT2D eigenvalue weighted by Gasteiger charge is 2.31. The van der Waals surface area contributed by atoms with E-state index in [4.69, 9.17) is 4.74 Å². The van der Waals surface area contributed by atoms with Crippen molar-refractivity contribution in [2.45, 2.75) is 18.9 Å². The largest absolute Gasteiger partial charge is 0.383 e. The van der Waals surface area contributed by atoms with Gasteiger partial charge in [-0.25, -0.2) is 0 Å². The molecular formula is C14H17N5O2. The molecule has 1 aromatic carbocycles. The molecule has 1 aliphatic heterocycles. The average Bonchev–Trinajstić information content (AvgIpc) is 2.98. The van der Waals surface area contributed by atoms with E-state index in [-0.39, 0.29) is 11.9 Å². The second-order valence-corrected chi connectivity index (χ2v) is 5.10. The van der Waals surface area contributed by atoms with Gasteiger partial charge in [0, 0.05) is 19.2 Å². The predicted octanol–water partition coefficient (Wildman–Crippen LogP) is 0.656. The van der Waals surface area contributed by atoms with Gasteiger partial charge in [0.15, 0.2) is 0 Å². The highest BCUT2D eigenvalue weighted by Crippen LogP contribution is 2.20. The van der Waals surface area contributed by atoms with Crippen molar-refractivity contribution in [1.82, 2.24) is 25.5 Å². The average molecular weight is 287 g/mol. The molecule has 7 heteroatoms. The molecule has 1 aromatic heterocycles. The number of methoxy groups -OCH3 is 1. The number of carbonyl (C=O) groups excluding carboxylic acids is 1. The second-order valence-electron chi connectivity index (χ2n) is 5.10. The van der Waals surface area contributed by atoms with Crippen LogP contribution in [0.1, 0.15) is 12.0 Å². The quantitative estimate of drug-likeness (QED) is 0.873. The van der Waals surface area contributed by atoms with E-state index < -0.39 is 0 Å². The van der Waals surface area contributed by atoms with E-state index >= 15 is 0 Å². The van der Waals surface area contributed by atoms with E-state index in [1.165, 1.54) is 0 Å². The summed E-state index contributed by atoms with van der Waals surface area (Å²) in [4.78, 5) is 14.2. The lowest BCUT2D eigenvalue weighted by Gasteiger charge is -2.40. The lowest BCUT2D eigenvalue weighted by atomic mass is 10.0. The van der Waals surface area contributed by atoms with Crippen molar-refractivity contribution >= 4 is 5.91 Å². The first-order chi connectivity index (χ1) is 10.3. The SMILES string of the molecule is COCC1CCN1C(=O)Cc1cccc(-c2nn[nH]n2)c1. The lowest BCUT2D eigenvalue weighted by molar-refractivity contribution is -0.140. The third-order valence-corrected chi connectivity index (χ3v) is 3.71. The molecule has 1 N–H and O–H groups in total. The summed E-state index contributed by atoms with van der Waals surface area (Å²) in [6.45, 7) is 1.42. The van der Waals surface area contributed by atoms with Crippen molar-refractivity contribution in [3.63, 3.8) is 0 Å². The summed E-state index contributed by atoms with van der Waals surface area (Å²) in [6.07, 6.45) is 1.40. The number of rotatable bonds is 5. The molecule has 110 valence electrons. The van der Waals surface area contributed by atoms with Gasteiger partial charge in [0.05, 0.1) is 19.1 Å². The van der Waals surface area contributed by atoms with Crippen LogP contribution in [0.15, 0.2) is 24.3 Å². The zero-order chi connectivity index (χ0) is 14.7. The molecule has 1 atom stereocenters. The van der Waals surface area contributed by atoms with Crippen LogP contribution in [0.25, 0.3) is 11.4 Å². The van der Waals surface area contributed by atoms with Crippen molar-refractivity contribution in [2.75, 3.05) is 20.3 Å². The number of hydrogen-bond donors (Lipinski definition) is 1. The number of H-pyrrole nitrogens is 1. The van der Waals surface area contributed by atoms with Gasteiger partial charge >= 0.3 is 0 Å². The number of carbonyl (C=O) groups is 1. The van der Waals surface area contributed by atoms with Crippen molar-refractivity contribution < 1.29 is 9.53 Å². The van der Waals surface area contributed by atoms with Crippen LogP contribution < -0.4 is 0 Å². The van der Waals surface area contributed by atoms with E-state index in [9.17, 15) is 4.79 Å². The first-order valence-corrected chi connectivity index (χ1v) is 6.89. The number of aromatic amines is 1. The molecule has 0 spiro atoms. The summed E-state index contributed by atoms with van der Waals surface area (Å²) in [5, 5.41) is 13.9. The number of benzene rings is 1. The fraction of sp³-hybridized carbons (Fsp3) is 0.429. The summed E-state index contributed by atoms with van der Waals surface area (Å²) in [7, 11) is 1.66. The first kappa shape index (κ1) is 13.7. The number of aromatic nitrogens is 4. The van der Waals surface area contributed by atoms with Gasteiger partial charge in [-0.15, -0.1) is 10.2 Å². The zero-order valence-corrected chi connectivity index (χ0v) is 11.8. The van der Waals surface area contributed by atoms with Gasteiger partial charge < -0.3 is 9.64 Å². The predicted molar refractivity (Wildman–Crippen MR) is 75.3 cm³/mol. The summed E-state index contributed by atoms with van der Waals surface area (Å²) >= 11 is 0. The molecular weight excluding hydrogens is 270 g/mol. The lowest BCUT2D eigenvalue weighted by Crippen LogP contribution is -2.53. The Morgan fingerprint density at radius 1 is 1.52 bits per heavy atom. The van der Waals surface area contributed by atoms with Crippen LogP contribution in [0.4, 0.5) is 0 Å². The topological polar surface area (TPSA) is 84.0 Å². The Kier molecular flexibility index (Phi) is 3.92. The van der Waals surface area contributed by atoms with Crippen LogP contribution in [-0.4, -0.2) is 57.7 Å². The summed E-state index contributed by atoms with van der Waals surface area (Å²) in [6, 6.07) is 7.89. The van der Waals surface area contributed by atoms with Gasteiger partial charge in [0.1, 0.15) is 0 Å². The van der Waals surface area contributed by atoms with Gasteiger partial charge in [0.2, 0.25) is 11.7 Å². The summed E-state index contributed by atoms with van der Waals surface area (Å²) in [5.74, 6) is 0.666. The number of ether oxygens (including phenoxy) is 1. The standard InChI is InChI=1S/C14H17N5O2/c1-21-9-12-5-6-19(12)13(20)8-10-3-2-4-11(7-10)14-15-17-18-16-14/h2-4,7,12H,5-6,8-9H2,1H3,(H,15,16,17,18). The molecule has 1 aliphatic rings. The first-order valence-electron chi connectivity index (χ1n) is 6.89. The van der Waals surface area contributed by atoms with Gasteiger partial charge in [-0.05, 0) is 23.3 Å². The minimum atomic E-state index is 0.133. The molecule has 3 rings (SSSR count). The van der Waals surface area contributed by atoms with Gasteiger partial charge in [-0.1, -0.05) is 18.2 Å². The molecule has 1 amide bonds. The van der Waals surface area contributed by atoms with E-state index in [1.54, 1.807) is 7.11 Å². The molecule has 1 saturated heterocycles. The van der Waals surface area contributed by atoms with Gasteiger partial charge in [-0.2, -0.15) is 5.21 Å². The molecule has 0 bridgehead atoms. The maximum atomic E-state index is 12.3. The van der Waals surface area contributed by atoms with Crippen LogP contribution >= 0.6 is 0 Å². The highest BCUT2D eigenvalue weighted by atomic mass is 16.5. The molecule has 1 fully saturated rings. The number of nitrogens with one attached hydrogen (secondary N) is 1. The Hall–Kier alpha value is -2.28. The molecule has 1 unspecified atom stereocenters. The van der Waals surface area contributed by atoms with Gasteiger partial charge in [0.25, 0.3) is 0 Å². The van der Waals surface area contributed by atoms with Gasteiger partial charge in [-0.3, -0.25) is 4.79 Å². The Labute approximate surface area is 122 Å². The maximum Gasteiger partial charge on any atom is 0.227 e.